The van der Waals surface area contributed by atoms with E-state index in [0.717, 1.165) is 28.1 Å². The Kier molecular flexibility index (Phi) is 6.19. The highest BCUT2D eigenvalue weighted by Gasteiger charge is 2.16. The Balaban J connectivity index is 1.49. The molecular weight excluding hydrogens is 453 g/mol. The zero-order valence-electron chi connectivity index (χ0n) is 19.4. The van der Waals surface area contributed by atoms with E-state index >= 15 is 0 Å². The Morgan fingerprint density at radius 3 is 2.64 bits per heavy atom. The number of aryl methyl sites for hydroxylation is 1. The minimum Gasteiger partial charge on any atom is -0.338 e. The SMILES string of the molecule is Cc1cc(-c2nc(/C=C\C=N)[nH]c2-c2ccnc(NC(=O)c3ccc4ccccc4c3)c2)ccc1F. The summed E-state index contributed by atoms with van der Waals surface area (Å²) < 4.78 is 13.9. The van der Waals surface area contributed by atoms with Crippen molar-refractivity contribution in [1.82, 2.24) is 15.0 Å². The molecular formula is C29H22FN5O. The van der Waals surface area contributed by atoms with Gasteiger partial charge in [0.25, 0.3) is 5.91 Å². The largest absolute Gasteiger partial charge is 0.338 e. The molecule has 7 heteroatoms. The second kappa shape index (κ2) is 9.76. The normalized spacial score (nSPS) is 11.2. The maximum Gasteiger partial charge on any atom is 0.256 e. The van der Waals surface area contributed by atoms with Gasteiger partial charge < -0.3 is 15.7 Å². The summed E-state index contributed by atoms with van der Waals surface area (Å²) in [6.07, 6.45) is 6.01. The van der Waals surface area contributed by atoms with Gasteiger partial charge in [-0.2, -0.15) is 0 Å². The van der Waals surface area contributed by atoms with E-state index in [-0.39, 0.29) is 11.7 Å². The molecule has 0 atom stereocenters. The van der Waals surface area contributed by atoms with Gasteiger partial charge in [0.15, 0.2) is 0 Å². The molecule has 36 heavy (non-hydrogen) atoms. The lowest BCUT2D eigenvalue weighted by atomic mass is 10.0. The van der Waals surface area contributed by atoms with E-state index in [0.29, 0.717) is 34.2 Å². The summed E-state index contributed by atoms with van der Waals surface area (Å²) in [6.45, 7) is 1.70. The second-order valence-electron chi connectivity index (χ2n) is 8.28. The third kappa shape index (κ3) is 4.67. The first-order chi connectivity index (χ1) is 17.5. The van der Waals surface area contributed by atoms with Crippen LogP contribution in [0.4, 0.5) is 10.2 Å². The molecule has 3 aromatic carbocycles. The molecule has 0 unspecified atom stereocenters. The number of fused-ring (bicyclic) bond motifs is 1. The smallest absolute Gasteiger partial charge is 0.256 e. The zero-order chi connectivity index (χ0) is 25.1. The number of H-pyrrole nitrogens is 1. The molecule has 176 valence electrons. The number of carbonyl (C=O) groups is 1. The first-order valence-corrected chi connectivity index (χ1v) is 11.3. The number of nitrogens with one attached hydrogen (secondary N) is 3. The number of aromatic nitrogens is 3. The molecule has 0 radical (unpaired) electrons. The highest BCUT2D eigenvalue weighted by Crippen LogP contribution is 2.32. The van der Waals surface area contributed by atoms with Gasteiger partial charge in [0.05, 0.1) is 11.4 Å². The summed E-state index contributed by atoms with van der Waals surface area (Å²) in [5, 5.41) is 12.2. The van der Waals surface area contributed by atoms with Crippen LogP contribution in [0.1, 0.15) is 21.7 Å². The van der Waals surface area contributed by atoms with Crippen LogP contribution in [0.3, 0.4) is 0 Å². The molecule has 6 nitrogen and oxygen atoms in total. The number of amides is 1. The highest BCUT2D eigenvalue weighted by atomic mass is 19.1. The van der Waals surface area contributed by atoms with Gasteiger partial charge in [-0.15, -0.1) is 0 Å². The number of halogens is 1. The van der Waals surface area contributed by atoms with E-state index in [1.54, 1.807) is 49.5 Å². The van der Waals surface area contributed by atoms with Gasteiger partial charge in [0.2, 0.25) is 0 Å². The fourth-order valence-electron chi connectivity index (χ4n) is 3.99. The van der Waals surface area contributed by atoms with Gasteiger partial charge in [0.1, 0.15) is 17.5 Å². The summed E-state index contributed by atoms with van der Waals surface area (Å²) in [4.78, 5) is 25.2. The standard InChI is InChI=1S/C29H22FN5O/c1-18-15-21(10-11-24(18)30)27-28(34-25(33-27)7-4-13-31)22-12-14-32-26(17-22)35-29(36)23-9-8-19-5-2-3-6-20(19)16-23/h2-17,31H,1H3,(H,33,34)(H,32,35,36)/b7-4-,31-13?. The van der Waals surface area contributed by atoms with Crippen molar-refractivity contribution in [3.63, 3.8) is 0 Å². The number of benzene rings is 3. The van der Waals surface area contributed by atoms with E-state index in [4.69, 9.17) is 5.41 Å². The first kappa shape index (κ1) is 22.9. The molecule has 0 aliphatic rings. The molecule has 5 rings (SSSR count). The van der Waals surface area contributed by atoms with Crippen LogP contribution in [0.15, 0.2) is 85.1 Å². The molecule has 3 N–H and O–H groups in total. The molecule has 0 spiro atoms. The van der Waals surface area contributed by atoms with Crippen LogP contribution < -0.4 is 5.32 Å². The topological polar surface area (TPSA) is 94.5 Å². The lowest BCUT2D eigenvalue weighted by molar-refractivity contribution is 0.102. The Morgan fingerprint density at radius 2 is 1.83 bits per heavy atom. The minimum atomic E-state index is -0.289. The molecule has 2 heterocycles. The number of anilines is 1. The zero-order valence-corrected chi connectivity index (χ0v) is 19.4. The first-order valence-electron chi connectivity index (χ1n) is 11.3. The van der Waals surface area contributed by atoms with Crippen molar-refractivity contribution in [3.8, 4) is 22.5 Å². The van der Waals surface area contributed by atoms with E-state index in [1.807, 2.05) is 42.5 Å². The summed E-state index contributed by atoms with van der Waals surface area (Å²) in [7, 11) is 0. The number of pyridine rings is 1. The maximum absolute atomic E-state index is 13.9. The monoisotopic (exact) mass is 475 g/mol. The van der Waals surface area contributed by atoms with Crippen LogP contribution in [0, 0.1) is 18.2 Å². The lowest BCUT2D eigenvalue weighted by Gasteiger charge is -2.08. The van der Waals surface area contributed by atoms with Crippen molar-refractivity contribution in [1.29, 1.82) is 5.41 Å². The predicted molar refractivity (Wildman–Crippen MR) is 142 cm³/mol. The summed E-state index contributed by atoms with van der Waals surface area (Å²) in [6, 6.07) is 21.8. The molecule has 0 bridgehead atoms. The molecule has 0 saturated heterocycles. The van der Waals surface area contributed by atoms with Gasteiger partial charge >= 0.3 is 0 Å². The number of hydrogen-bond donors (Lipinski definition) is 3. The fraction of sp³-hybridized carbons (Fsp3) is 0.0345. The highest BCUT2D eigenvalue weighted by molar-refractivity contribution is 6.06. The quantitative estimate of drug-likeness (QED) is 0.240. The van der Waals surface area contributed by atoms with Crippen LogP contribution >= 0.6 is 0 Å². The molecule has 0 aliphatic carbocycles. The van der Waals surface area contributed by atoms with Crippen molar-refractivity contribution in [2.75, 3.05) is 5.32 Å². The van der Waals surface area contributed by atoms with E-state index < -0.39 is 0 Å². The molecule has 0 aliphatic heterocycles. The predicted octanol–water partition coefficient (Wildman–Crippen LogP) is 6.65. The van der Waals surface area contributed by atoms with Crippen LogP contribution in [-0.4, -0.2) is 27.1 Å². The van der Waals surface area contributed by atoms with Crippen LogP contribution in [0.2, 0.25) is 0 Å². The van der Waals surface area contributed by atoms with E-state index in [9.17, 15) is 9.18 Å². The number of carbonyl (C=O) groups excluding carboxylic acids is 1. The van der Waals surface area contributed by atoms with Crippen LogP contribution in [0.25, 0.3) is 39.4 Å². The number of imidazole rings is 1. The number of hydrogen-bond acceptors (Lipinski definition) is 4. The third-order valence-corrected chi connectivity index (χ3v) is 5.81. The third-order valence-electron chi connectivity index (χ3n) is 5.81. The number of rotatable bonds is 6. The Hall–Kier alpha value is -4.91. The second-order valence-corrected chi connectivity index (χ2v) is 8.28. The number of allylic oxidation sites excluding steroid dienone is 1. The molecule has 2 aromatic heterocycles. The number of nitrogens with zero attached hydrogens (tertiary/aromatic N) is 2. The van der Waals surface area contributed by atoms with Crippen molar-refractivity contribution >= 4 is 34.8 Å². The van der Waals surface area contributed by atoms with Crippen LogP contribution in [0.5, 0.6) is 0 Å². The van der Waals surface area contributed by atoms with Crippen molar-refractivity contribution in [3.05, 3.63) is 108 Å². The van der Waals surface area contributed by atoms with Crippen molar-refractivity contribution in [2.45, 2.75) is 6.92 Å². The van der Waals surface area contributed by atoms with E-state index in [1.165, 1.54) is 6.07 Å². The van der Waals surface area contributed by atoms with Gasteiger partial charge in [-0.3, -0.25) is 4.79 Å². The average Bonchev–Trinajstić information content (AvgIpc) is 3.33. The van der Waals surface area contributed by atoms with Gasteiger partial charge in [0, 0.05) is 29.1 Å². The Bertz CT molecular complexity index is 1640. The Morgan fingerprint density at radius 1 is 1.00 bits per heavy atom. The van der Waals surface area contributed by atoms with Crippen molar-refractivity contribution in [2.24, 2.45) is 0 Å². The lowest BCUT2D eigenvalue weighted by Crippen LogP contribution is -2.12. The molecule has 5 aromatic rings. The average molecular weight is 476 g/mol. The molecule has 0 fully saturated rings. The number of aromatic amines is 1. The summed E-state index contributed by atoms with van der Waals surface area (Å²) in [5.41, 5.74) is 3.85. The maximum atomic E-state index is 13.9. The fourth-order valence-corrected chi connectivity index (χ4v) is 3.99. The minimum absolute atomic E-state index is 0.265. The van der Waals surface area contributed by atoms with Crippen molar-refractivity contribution < 1.29 is 9.18 Å². The molecule has 0 saturated carbocycles. The molecule has 1 amide bonds. The van der Waals surface area contributed by atoms with Gasteiger partial charge in [-0.1, -0.05) is 30.3 Å². The Labute approximate surface area is 207 Å². The van der Waals surface area contributed by atoms with Gasteiger partial charge in [-0.05, 0) is 77.9 Å². The van der Waals surface area contributed by atoms with Crippen LogP contribution in [-0.2, 0) is 0 Å². The summed E-state index contributed by atoms with van der Waals surface area (Å²) in [5.74, 6) is 0.378. The van der Waals surface area contributed by atoms with E-state index in [2.05, 4.69) is 20.3 Å². The summed E-state index contributed by atoms with van der Waals surface area (Å²) >= 11 is 0. The van der Waals surface area contributed by atoms with Gasteiger partial charge in [-0.25, -0.2) is 14.4 Å².